The first-order chi connectivity index (χ1) is 17.2. The number of hydrogen-bond donors (Lipinski definition) is 1. The van der Waals surface area contributed by atoms with E-state index in [1.165, 1.54) is 17.8 Å². The lowest BCUT2D eigenvalue weighted by Crippen LogP contribution is -2.42. The number of halogens is 5. The molecule has 0 radical (unpaired) electrons. The predicted octanol–water partition coefficient (Wildman–Crippen LogP) is 8.34. The Morgan fingerprint density at radius 3 is 2.24 bits per heavy atom. The van der Waals surface area contributed by atoms with Crippen LogP contribution in [-0.2, 0) is 4.79 Å². The lowest BCUT2D eigenvalue weighted by molar-refractivity contribution is -0.132. The number of hydrogen-bond acceptors (Lipinski definition) is 4. The number of likely N-dealkylation sites (tertiary alicyclic amines) is 1. The molecule has 4 rings (SSSR count). The number of anilines is 2. The summed E-state index contributed by atoms with van der Waals surface area (Å²) in [5.41, 5.74) is -2.58. The van der Waals surface area contributed by atoms with E-state index in [0.717, 1.165) is 50.2 Å². The Balaban J connectivity index is 0.00000380. The fourth-order valence-corrected chi connectivity index (χ4v) is 5.88. The maximum Gasteiger partial charge on any atom is 0.446 e. The van der Waals surface area contributed by atoms with Crippen LogP contribution in [0.3, 0.4) is 0 Å². The summed E-state index contributed by atoms with van der Waals surface area (Å²) in [6.07, 6.45) is 5.16. The number of piperidine rings is 2. The van der Waals surface area contributed by atoms with Crippen molar-refractivity contribution in [3.05, 3.63) is 52.5 Å². The summed E-state index contributed by atoms with van der Waals surface area (Å²) in [6.45, 7) is 3.30. The van der Waals surface area contributed by atoms with Gasteiger partial charge in [0.05, 0.1) is 5.02 Å². The Morgan fingerprint density at radius 2 is 1.62 bits per heavy atom. The number of nitrogens with zero attached hydrogens (tertiary/aromatic N) is 2. The largest absolute Gasteiger partial charge is 0.446 e. The Morgan fingerprint density at radius 1 is 0.973 bits per heavy atom. The van der Waals surface area contributed by atoms with Gasteiger partial charge in [-0.3, -0.25) is 4.79 Å². The van der Waals surface area contributed by atoms with Crippen LogP contribution in [0, 0.1) is 5.92 Å². The minimum Gasteiger partial charge on any atom is -0.382 e. The Kier molecular flexibility index (Phi) is 10.7. The second-order valence-corrected chi connectivity index (χ2v) is 11.4. The molecule has 2 saturated heterocycles. The maximum atomic E-state index is 12.8. The molecule has 1 amide bonds. The average Bonchev–Trinajstić information content (AvgIpc) is 2.85. The third kappa shape index (κ3) is 8.89. The van der Waals surface area contributed by atoms with Crippen molar-refractivity contribution in [2.75, 3.05) is 36.4 Å². The van der Waals surface area contributed by atoms with Crippen LogP contribution >= 0.6 is 35.0 Å². The van der Waals surface area contributed by atoms with Gasteiger partial charge >= 0.3 is 5.51 Å². The van der Waals surface area contributed by atoms with Crippen LogP contribution in [0.2, 0.25) is 10.0 Å². The third-order valence-electron chi connectivity index (χ3n) is 6.95. The number of carbonyl (C=O) groups excluding carboxylic acids is 1. The van der Waals surface area contributed by atoms with Crippen molar-refractivity contribution in [2.45, 2.75) is 62.4 Å². The number of amides is 1. The van der Waals surface area contributed by atoms with Gasteiger partial charge in [-0.25, -0.2) is 0 Å². The van der Waals surface area contributed by atoms with Gasteiger partial charge in [-0.15, -0.1) is 0 Å². The van der Waals surface area contributed by atoms with Crippen molar-refractivity contribution < 1.29 is 18.0 Å². The first kappa shape index (κ1) is 29.8. The zero-order valence-corrected chi connectivity index (χ0v) is 22.2. The summed E-state index contributed by atoms with van der Waals surface area (Å²) < 4.78 is 38.3. The van der Waals surface area contributed by atoms with Crippen LogP contribution in [0.1, 0.15) is 46.0 Å². The van der Waals surface area contributed by atoms with Gasteiger partial charge in [0.15, 0.2) is 0 Å². The molecule has 0 saturated carbocycles. The van der Waals surface area contributed by atoms with E-state index in [4.69, 9.17) is 23.2 Å². The van der Waals surface area contributed by atoms with E-state index < -0.39 is 5.51 Å². The summed E-state index contributed by atoms with van der Waals surface area (Å²) >= 11 is 11.7. The summed E-state index contributed by atoms with van der Waals surface area (Å²) in [5.74, 6) is 0.759. The van der Waals surface area contributed by atoms with Gasteiger partial charge in [0.2, 0.25) is 5.91 Å². The average molecular weight is 577 g/mol. The lowest BCUT2D eigenvalue weighted by atomic mass is 9.91. The molecule has 10 heteroatoms. The van der Waals surface area contributed by atoms with Crippen molar-refractivity contribution in [3.8, 4) is 0 Å². The summed E-state index contributed by atoms with van der Waals surface area (Å²) in [7, 11) is 0. The zero-order valence-electron chi connectivity index (χ0n) is 19.9. The monoisotopic (exact) mass is 575 g/mol. The molecule has 2 aromatic rings. The molecule has 2 aliphatic rings. The molecule has 204 valence electrons. The second-order valence-electron chi connectivity index (χ2n) is 9.44. The molecule has 0 unspecified atom stereocenters. The number of benzene rings is 2. The molecular weight excluding hydrogens is 542 g/mol. The third-order valence-corrected chi connectivity index (χ3v) is 8.43. The van der Waals surface area contributed by atoms with Gasteiger partial charge in [-0.2, -0.15) is 13.2 Å². The molecule has 2 aliphatic heterocycles. The second kappa shape index (κ2) is 13.3. The van der Waals surface area contributed by atoms with Gasteiger partial charge in [-0.1, -0.05) is 30.6 Å². The van der Waals surface area contributed by atoms with Crippen molar-refractivity contribution in [3.63, 3.8) is 0 Å². The van der Waals surface area contributed by atoms with E-state index >= 15 is 0 Å². The zero-order chi connectivity index (χ0) is 25.7. The van der Waals surface area contributed by atoms with Crippen LogP contribution in [0.15, 0.2) is 47.4 Å². The van der Waals surface area contributed by atoms with E-state index in [2.05, 4.69) is 22.3 Å². The maximum absolute atomic E-state index is 12.8. The van der Waals surface area contributed by atoms with E-state index in [-0.39, 0.29) is 41.1 Å². The first-order valence-electron chi connectivity index (χ1n) is 12.3. The quantitative estimate of drug-likeness (QED) is 0.336. The SMILES string of the molecule is C.O=C(CCC1CCN(c2ccc(Cl)cc2)CC1)N1CCC(Nc2ccc(Cl)c(SC(F)(F)F)c2)CC1. The number of rotatable bonds is 7. The van der Waals surface area contributed by atoms with Crippen LogP contribution in [-0.4, -0.2) is 48.5 Å². The van der Waals surface area contributed by atoms with Gasteiger partial charge in [0, 0.05) is 59.9 Å². The number of thioether (sulfide) groups is 1. The Hall–Kier alpha value is -1.77. The molecule has 4 nitrogen and oxygen atoms in total. The normalized spacial score (nSPS) is 17.4. The molecule has 37 heavy (non-hydrogen) atoms. The summed E-state index contributed by atoms with van der Waals surface area (Å²) in [6, 6.07) is 12.7. The molecule has 0 aromatic heterocycles. The molecule has 1 N–H and O–H groups in total. The van der Waals surface area contributed by atoms with Crippen LogP contribution in [0.25, 0.3) is 0 Å². The van der Waals surface area contributed by atoms with Gasteiger partial charge in [0.25, 0.3) is 0 Å². The van der Waals surface area contributed by atoms with Crippen molar-refractivity contribution in [2.24, 2.45) is 5.92 Å². The van der Waals surface area contributed by atoms with E-state index in [9.17, 15) is 18.0 Å². The molecule has 0 aliphatic carbocycles. The number of alkyl halides is 3. The highest BCUT2D eigenvalue weighted by Crippen LogP contribution is 2.41. The van der Waals surface area contributed by atoms with Crippen molar-refractivity contribution >= 4 is 52.2 Å². The fourth-order valence-electron chi connectivity index (χ4n) is 4.92. The topological polar surface area (TPSA) is 35.6 Å². The standard InChI is InChI=1S/C26H30Cl2F3N3OS.CH4/c27-19-2-5-22(6-3-19)33-13-9-18(10-14-33)1-8-25(35)34-15-11-20(12-16-34)32-21-4-7-23(28)24(17-21)36-26(29,30)31;/h2-7,17-18,20,32H,1,8-16H2;1H4. The number of nitrogens with one attached hydrogen (secondary N) is 1. The molecule has 2 heterocycles. The van der Waals surface area contributed by atoms with E-state index in [0.29, 0.717) is 31.1 Å². The van der Waals surface area contributed by atoms with Crippen LogP contribution < -0.4 is 10.2 Å². The van der Waals surface area contributed by atoms with Crippen LogP contribution in [0.5, 0.6) is 0 Å². The van der Waals surface area contributed by atoms with Crippen molar-refractivity contribution in [1.82, 2.24) is 4.90 Å². The van der Waals surface area contributed by atoms with Crippen molar-refractivity contribution in [1.29, 1.82) is 0 Å². The Bertz CT molecular complexity index is 1020. The predicted molar refractivity (Wildman–Crippen MR) is 149 cm³/mol. The highest BCUT2D eigenvalue weighted by atomic mass is 35.5. The van der Waals surface area contributed by atoms with Gasteiger partial charge < -0.3 is 15.1 Å². The van der Waals surface area contributed by atoms with Crippen LogP contribution in [0.4, 0.5) is 24.5 Å². The molecule has 2 aromatic carbocycles. The molecular formula is C27H34Cl2F3N3OS. The molecule has 0 atom stereocenters. The Labute approximate surface area is 231 Å². The summed E-state index contributed by atoms with van der Waals surface area (Å²) in [4.78, 5) is 17.1. The van der Waals surface area contributed by atoms with E-state index in [1.54, 1.807) is 6.07 Å². The lowest BCUT2D eigenvalue weighted by Gasteiger charge is -2.35. The smallest absolute Gasteiger partial charge is 0.382 e. The van der Waals surface area contributed by atoms with E-state index in [1.807, 2.05) is 17.0 Å². The molecule has 0 bridgehead atoms. The minimum absolute atomic E-state index is 0. The minimum atomic E-state index is -4.39. The molecule has 0 spiro atoms. The molecule has 2 fully saturated rings. The van der Waals surface area contributed by atoms with Gasteiger partial charge in [-0.05, 0) is 92.2 Å². The highest BCUT2D eigenvalue weighted by molar-refractivity contribution is 8.00. The first-order valence-corrected chi connectivity index (χ1v) is 13.8. The summed E-state index contributed by atoms with van der Waals surface area (Å²) in [5, 5.41) is 4.13. The number of carbonyl (C=O) groups is 1. The van der Waals surface area contributed by atoms with Gasteiger partial charge in [0.1, 0.15) is 0 Å². The highest BCUT2D eigenvalue weighted by Gasteiger charge is 2.31. The fraction of sp³-hybridized carbons (Fsp3) is 0.519.